The largest absolute Gasteiger partial charge is 0.355 e. The predicted octanol–water partition coefficient (Wildman–Crippen LogP) is 0.0359. The van der Waals surface area contributed by atoms with E-state index in [1.165, 1.54) is 0 Å². The van der Waals surface area contributed by atoms with Crippen molar-refractivity contribution in [2.75, 3.05) is 13.1 Å². The van der Waals surface area contributed by atoms with E-state index in [1.54, 1.807) is 6.20 Å². The van der Waals surface area contributed by atoms with E-state index in [0.717, 1.165) is 18.8 Å². The van der Waals surface area contributed by atoms with Crippen molar-refractivity contribution in [3.8, 4) is 0 Å². The van der Waals surface area contributed by atoms with Gasteiger partial charge in [0.15, 0.2) is 0 Å². The van der Waals surface area contributed by atoms with Gasteiger partial charge in [-0.25, -0.2) is 4.98 Å². The fourth-order valence-corrected chi connectivity index (χ4v) is 1.18. The Labute approximate surface area is 89.9 Å². The third-order valence-electron chi connectivity index (χ3n) is 2.06. The number of amides is 1. The number of imidazole rings is 1. The van der Waals surface area contributed by atoms with Gasteiger partial charge in [0.1, 0.15) is 5.82 Å². The second-order valence-electron chi connectivity index (χ2n) is 3.41. The minimum absolute atomic E-state index is 0.0334. The second kappa shape index (κ2) is 6.19. The standard InChI is InChI=1S/C10H18N4O/c1-3-4-13-10(15)8-11-7-9-12-5-6-14(9)2/h5-6,11H,3-4,7-8H2,1-2H3,(H,13,15). The van der Waals surface area contributed by atoms with Crippen LogP contribution in [0.3, 0.4) is 0 Å². The van der Waals surface area contributed by atoms with Crippen LogP contribution >= 0.6 is 0 Å². The molecule has 0 aliphatic rings. The highest BCUT2D eigenvalue weighted by Gasteiger charge is 2.01. The van der Waals surface area contributed by atoms with E-state index in [1.807, 2.05) is 24.7 Å². The van der Waals surface area contributed by atoms with Crippen LogP contribution in [0, 0.1) is 0 Å². The molecule has 15 heavy (non-hydrogen) atoms. The zero-order chi connectivity index (χ0) is 11.1. The van der Waals surface area contributed by atoms with Gasteiger partial charge in [-0.1, -0.05) is 6.92 Å². The van der Waals surface area contributed by atoms with E-state index in [0.29, 0.717) is 13.1 Å². The highest BCUT2D eigenvalue weighted by Crippen LogP contribution is 1.91. The molecule has 0 bridgehead atoms. The maximum absolute atomic E-state index is 11.2. The SMILES string of the molecule is CCCNC(=O)CNCc1nccn1C. The molecule has 0 atom stereocenters. The number of carbonyl (C=O) groups excluding carboxylic acids is 1. The number of hydrogen-bond donors (Lipinski definition) is 2. The van der Waals surface area contributed by atoms with Gasteiger partial charge in [-0.05, 0) is 6.42 Å². The maximum atomic E-state index is 11.2. The van der Waals surface area contributed by atoms with Gasteiger partial charge < -0.3 is 15.2 Å². The van der Waals surface area contributed by atoms with E-state index >= 15 is 0 Å². The molecule has 2 N–H and O–H groups in total. The van der Waals surface area contributed by atoms with Crippen LogP contribution in [0.4, 0.5) is 0 Å². The molecule has 0 unspecified atom stereocenters. The molecule has 0 aliphatic heterocycles. The lowest BCUT2D eigenvalue weighted by Gasteiger charge is -2.05. The molecule has 5 nitrogen and oxygen atoms in total. The monoisotopic (exact) mass is 210 g/mol. The zero-order valence-electron chi connectivity index (χ0n) is 9.29. The van der Waals surface area contributed by atoms with E-state index in [9.17, 15) is 4.79 Å². The number of aromatic nitrogens is 2. The highest BCUT2D eigenvalue weighted by molar-refractivity contribution is 5.77. The fourth-order valence-electron chi connectivity index (χ4n) is 1.18. The molecule has 1 heterocycles. The quantitative estimate of drug-likeness (QED) is 0.696. The number of nitrogens with one attached hydrogen (secondary N) is 2. The number of aryl methyl sites for hydroxylation is 1. The van der Waals surface area contributed by atoms with Gasteiger partial charge >= 0.3 is 0 Å². The van der Waals surface area contributed by atoms with E-state index in [4.69, 9.17) is 0 Å². The second-order valence-corrected chi connectivity index (χ2v) is 3.41. The Bertz CT molecular complexity index is 308. The lowest BCUT2D eigenvalue weighted by Crippen LogP contribution is -2.34. The molecule has 0 aromatic carbocycles. The first-order chi connectivity index (χ1) is 7.24. The van der Waals surface area contributed by atoms with Crippen molar-refractivity contribution in [1.82, 2.24) is 20.2 Å². The van der Waals surface area contributed by atoms with Gasteiger partial charge in [-0.3, -0.25) is 4.79 Å². The van der Waals surface area contributed by atoms with Crippen molar-refractivity contribution >= 4 is 5.91 Å². The average molecular weight is 210 g/mol. The van der Waals surface area contributed by atoms with Crippen LogP contribution in [0.2, 0.25) is 0 Å². The molecule has 0 spiro atoms. The molecule has 0 saturated carbocycles. The third kappa shape index (κ3) is 4.12. The van der Waals surface area contributed by atoms with Gasteiger partial charge in [0, 0.05) is 26.0 Å². The summed E-state index contributed by atoms with van der Waals surface area (Å²) in [5.74, 6) is 0.962. The Balaban J connectivity index is 2.16. The average Bonchev–Trinajstić information content (AvgIpc) is 2.61. The van der Waals surface area contributed by atoms with Crippen LogP contribution in [0.25, 0.3) is 0 Å². The molecule has 5 heteroatoms. The molecule has 1 aromatic rings. The number of rotatable bonds is 6. The normalized spacial score (nSPS) is 10.3. The summed E-state index contributed by atoms with van der Waals surface area (Å²) in [5, 5.41) is 5.84. The van der Waals surface area contributed by atoms with Crippen molar-refractivity contribution in [3.63, 3.8) is 0 Å². The maximum Gasteiger partial charge on any atom is 0.233 e. The lowest BCUT2D eigenvalue weighted by molar-refractivity contribution is -0.120. The van der Waals surface area contributed by atoms with Gasteiger partial charge in [-0.15, -0.1) is 0 Å². The molecule has 0 fully saturated rings. The third-order valence-corrected chi connectivity index (χ3v) is 2.06. The molecule has 1 rings (SSSR count). The minimum atomic E-state index is 0.0334. The Morgan fingerprint density at radius 3 is 3.00 bits per heavy atom. The topological polar surface area (TPSA) is 59.0 Å². The molecular weight excluding hydrogens is 192 g/mol. The van der Waals surface area contributed by atoms with E-state index < -0.39 is 0 Å². The summed E-state index contributed by atoms with van der Waals surface area (Å²) in [7, 11) is 1.93. The molecule has 0 saturated heterocycles. The van der Waals surface area contributed by atoms with Crippen molar-refractivity contribution in [2.45, 2.75) is 19.9 Å². The van der Waals surface area contributed by atoms with Gasteiger partial charge in [0.05, 0.1) is 13.1 Å². The number of nitrogens with zero attached hydrogens (tertiary/aromatic N) is 2. The number of carbonyl (C=O) groups is 1. The first kappa shape index (κ1) is 11.7. The van der Waals surface area contributed by atoms with Crippen LogP contribution in [0.5, 0.6) is 0 Å². The van der Waals surface area contributed by atoms with Crippen molar-refractivity contribution < 1.29 is 4.79 Å². The van der Waals surface area contributed by atoms with Crippen molar-refractivity contribution in [1.29, 1.82) is 0 Å². The molecule has 84 valence electrons. The van der Waals surface area contributed by atoms with E-state index in [2.05, 4.69) is 15.6 Å². The molecule has 0 radical (unpaired) electrons. The van der Waals surface area contributed by atoms with Crippen LogP contribution < -0.4 is 10.6 Å². The fraction of sp³-hybridized carbons (Fsp3) is 0.600. The predicted molar refractivity (Wildman–Crippen MR) is 58.2 cm³/mol. The van der Waals surface area contributed by atoms with Crippen LogP contribution in [-0.4, -0.2) is 28.5 Å². The summed E-state index contributed by atoms with van der Waals surface area (Å²) in [6.07, 6.45) is 4.59. The highest BCUT2D eigenvalue weighted by atomic mass is 16.1. The molecular formula is C10H18N4O. The van der Waals surface area contributed by atoms with E-state index in [-0.39, 0.29) is 5.91 Å². The van der Waals surface area contributed by atoms with Crippen molar-refractivity contribution in [3.05, 3.63) is 18.2 Å². The Morgan fingerprint density at radius 2 is 2.40 bits per heavy atom. The Hall–Kier alpha value is -1.36. The van der Waals surface area contributed by atoms with Crippen LogP contribution in [0.1, 0.15) is 19.2 Å². The van der Waals surface area contributed by atoms with Crippen molar-refractivity contribution in [2.24, 2.45) is 7.05 Å². The van der Waals surface area contributed by atoms with Gasteiger partial charge in [0.25, 0.3) is 0 Å². The summed E-state index contributed by atoms with van der Waals surface area (Å²) in [4.78, 5) is 15.4. The van der Waals surface area contributed by atoms with Gasteiger partial charge in [0.2, 0.25) is 5.91 Å². The molecule has 1 amide bonds. The minimum Gasteiger partial charge on any atom is -0.355 e. The smallest absolute Gasteiger partial charge is 0.233 e. The first-order valence-electron chi connectivity index (χ1n) is 5.17. The summed E-state index contributed by atoms with van der Waals surface area (Å²) in [6.45, 7) is 3.72. The van der Waals surface area contributed by atoms with Crippen LogP contribution in [0.15, 0.2) is 12.4 Å². The summed E-state index contributed by atoms with van der Waals surface area (Å²) < 4.78 is 1.93. The molecule has 0 aliphatic carbocycles. The van der Waals surface area contributed by atoms with Crippen LogP contribution in [-0.2, 0) is 18.4 Å². The summed E-state index contributed by atoms with van der Waals surface area (Å²) in [5.41, 5.74) is 0. The summed E-state index contributed by atoms with van der Waals surface area (Å²) in [6, 6.07) is 0. The summed E-state index contributed by atoms with van der Waals surface area (Å²) >= 11 is 0. The number of hydrogen-bond acceptors (Lipinski definition) is 3. The lowest BCUT2D eigenvalue weighted by atomic mass is 10.4. The Morgan fingerprint density at radius 1 is 1.60 bits per heavy atom. The van der Waals surface area contributed by atoms with Gasteiger partial charge in [-0.2, -0.15) is 0 Å². The first-order valence-corrected chi connectivity index (χ1v) is 5.17. The molecule has 1 aromatic heterocycles. The zero-order valence-corrected chi connectivity index (χ0v) is 9.29. The Kier molecular flexibility index (Phi) is 4.83.